The van der Waals surface area contributed by atoms with Gasteiger partial charge in [0.1, 0.15) is 5.75 Å². The molecule has 0 atom stereocenters. The maximum Gasteiger partial charge on any atom is 0.120 e. The summed E-state index contributed by atoms with van der Waals surface area (Å²) in [6, 6.07) is 9.72. The minimum Gasteiger partial charge on any atom is -0.494 e. The molecule has 94 valence electrons. The van der Waals surface area contributed by atoms with Gasteiger partial charge in [0.2, 0.25) is 0 Å². The van der Waals surface area contributed by atoms with Crippen molar-refractivity contribution in [1.82, 2.24) is 4.98 Å². The van der Waals surface area contributed by atoms with Crippen LogP contribution in [0.25, 0.3) is 0 Å². The third kappa shape index (κ3) is 3.47. The number of nitrogens with zero attached hydrogens (tertiary/aromatic N) is 1. The molecule has 0 aliphatic carbocycles. The lowest BCUT2D eigenvalue weighted by Gasteiger charge is -2.07. The van der Waals surface area contributed by atoms with E-state index in [-0.39, 0.29) is 0 Å². The van der Waals surface area contributed by atoms with Gasteiger partial charge >= 0.3 is 0 Å². The van der Waals surface area contributed by atoms with Crippen LogP contribution in [-0.2, 0) is 6.42 Å². The molecular formula is C14H13BrClNO. The van der Waals surface area contributed by atoms with Crippen LogP contribution in [0.2, 0.25) is 5.02 Å². The summed E-state index contributed by atoms with van der Waals surface area (Å²) in [5.41, 5.74) is 2.04. The minimum absolute atomic E-state index is 0.643. The molecule has 0 unspecified atom stereocenters. The fourth-order valence-electron chi connectivity index (χ4n) is 1.63. The van der Waals surface area contributed by atoms with E-state index in [2.05, 4.69) is 20.9 Å². The van der Waals surface area contributed by atoms with E-state index < -0.39 is 0 Å². The van der Waals surface area contributed by atoms with Gasteiger partial charge in [-0.05, 0) is 52.7 Å². The van der Waals surface area contributed by atoms with Crippen molar-refractivity contribution in [3.63, 3.8) is 0 Å². The predicted molar refractivity (Wildman–Crippen MR) is 77.4 cm³/mol. The van der Waals surface area contributed by atoms with Gasteiger partial charge in [-0.3, -0.25) is 4.98 Å². The molecule has 4 heteroatoms. The van der Waals surface area contributed by atoms with Gasteiger partial charge in [0.25, 0.3) is 0 Å². The first-order valence-corrected chi connectivity index (χ1v) is 6.88. The van der Waals surface area contributed by atoms with Gasteiger partial charge < -0.3 is 4.74 Å². The molecule has 18 heavy (non-hydrogen) atoms. The highest BCUT2D eigenvalue weighted by molar-refractivity contribution is 9.10. The van der Waals surface area contributed by atoms with E-state index in [4.69, 9.17) is 16.3 Å². The lowest BCUT2D eigenvalue weighted by atomic mass is 10.1. The molecule has 0 saturated carbocycles. The summed E-state index contributed by atoms with van der Waals surface area (Å²) >= 11 is 9.60. The Morgan fingerprint density at radius 1 is 1.28 bits per heavy atom. The Kier molecular flexibility index (Phi) is 4.61. The van der Waals surface area contributed by atoms with Gasteiger partial charge in [0.05, 0.1) is 6.61 Å². The second kappa shape index (κ2) is 6.21. The summed E-state index contributed by atoms with van der Waals surface area (Å²) < 4.78 is 6.38. The highest BCUT2D eigenvalue weighted by Gasteiger charge is 2.04. The maximum absolute atomic E-state index is 6.23. The molecule has 2 rings (SSSR count). The number of ether oxygens (including phenoxy) is 1. The smallest absolute Gasteiger partial charge is 0.120 e. The van der Waals surface area contributed by atoms with Gasteiger partial charge in [-0.2, -0.15) is 0 Å². The molecule has 0 aliphatic rings. The average molecular weight is 327 g/mol. The Hall–Kier alpha value is -1.06. The standard InChI is InChI=1S/C14H13BrClNO/c1-2-18-13-6-3-10(14(16)8-13)7-12-5-4-11(15)9-17-12/h3-6,8-9H,2,7H2,1H3. The zero-order valence-electron chi connectivity index (χ0n) is 9.99. The first-order valence-electron chi connectivity index (χ1n) is 5.70. The fourth-order valence-corrected chi connectivity index (χ4v) is 2.11. The molecule has 0 aliphatic heterocycles. The van der Waals surface area contributed by atoms with E-state index in [0.717, 1.165) is 27.9 Å². The monoisotopic (exact) mass is 325 g/mol. The summed E-state index contributed by atoms with van der Waals surface area (Å²) in [6.45, 7) is 2.59. The Balaban J connectivity index is 2.16. The highest BCUT2D eigenvalue weighted by atomic mass is 79.9. The van der Waals surface area contributed by atoms with E-state index in [1.165, 1.54) is 0 Å². The number of aromatic nitrogens is 1. The van der Waals surface area contributed by atoms with Crippen LogP contribution in [0.3, 0.4) is 0 Å². The molecule has 1 aromatic carbocycles. The molecule has 0 N–H and O–H groups in total. The van der Waals surface area contributed by atoms with E-state index in [1.807, 2.05) is 37.3 Å². The van der Waals surface area contributed by atoms with Crippen molar-refractivity contribution in [3.8, 4) is 5.75 Å². The quantitative estimate of drug-likeness (QED) is 0.826. The zero-order chi connectivity index (χ0) is 13.0. The second-order valence-electron chi connectivity index (χ2n) is 3.83. The van der Waals surface area contributed by atoms with Crippen molar-refractivity contribution in [2.24, 2.45) is 0 Å². The fraction of sp³-hybridized carbons (Fsp3) is 0.214. The first kappa shape index (κ1) is 13.4. The summed E-state index contributed by atoms with van der Waals surface area (Å²) in [5, 5.41) is 0.714. The van der Waals surface area contributed by atoms with Crippen LogP contribution in [0.1, 0.15) is 18.2 Å². The number of hydrogen-bond acceptors (Lipinski definition) is 2. The Morgan fingerprint density at radius 3 is 2.72 bits per heavy atom. The molecule has 0 fully saturated rings. The number of rotatable bonds is 4. The molecule has 0 amide bonds. The number of pyridine rings is 1. The number of hydrogen-bond donors (Lipinski definition) is 0. The predicted octanol–water partition coefficient (Wildman–Crippen LogP) is 4.49. The lowest BCUT2D eigenvalue weighted by Crippen LogP contribution is -1.95. The van der Waals surface area contributed by atoms with Crippen LogP contribution in [0.5, 0.6) is 5.75 Å². The van der Waals surface area contributed by atoms with Crippen LogP contribution >= 0.6 is 27.5 Å². The molecule has 1 aromatic heterocycles. The van der Waals surface area contributed by atoms with Crippen LogP contribution in [-0.4, -0.2) is 11.6 Å². The van der Waals surface area contributed by atoms with Crippen LogP contribution in [0.15, 0.2) is 41.0 Å². The summed E-state index contributed by atoms with van der Waals surface area (Å²) in [6.07, 6.45) is 2.51. The van der Waals surface area contributed by atoms with Gasteiger partial charge in [-0.15, -0.1) is 0 Å². The molecule has 0 saturated heterocycles. The van der Waals surface area contributed by atoms with Gasteiger partial charge in [-0.1, -0.05) is 17.7 Å². The van der Waals surface area contributed by atoms with Crippen LogP contribution in [0.4, 0.5) is 0 Å². The maximum atomic E-state index is 6.23. The van der Waals surface area contributed by atoms with E-state index in [9.17, 15) is 0 Å². The lowest BCUT2D eigenvalue weighted by molar-refractivity contribution is 0.340. The van der Waals surface area contributed by atoms with Gasteiger partial charge in [0.15, 0.2) is 0 Å². The topological polar surface area (TPSA) is 22.1 Å². The molecule has 2 nitrogen and oxygen atoms in total. The molecule has 1 heterocycles. The largest absolute Gasteiger partial charge is 0.494 e. The van der Waals surface area contributed by atoms with Crippen LogP contribution < -0.4 is 4.74 Å². The summed E-state index contributed by atoms with van der Waals surface area (Å²) in [4.78, 5) is 4.34. The average Bonchev–Trinajstić information content (AvgIpc) is 2.36. The third-order valence-electron chi connectivity index (χ3n) is 2.50. The third-order valence-corrected chi connectivity index (χ3v) is 3.32. The van der Waals surface area contributed by atoms with Crippen molar-refractivity contribution in [1.29, 1.82) is 0 Å². The number of benzene rings is 1. The van der Waals surface area contributed by atoms with Gasteiger partial charge in [-0.25, -0.2) is 0 Å². The highest BCUT2D eigenvalue weighted by Crippen LogP contribution is 2.24. The summed E-state index contributed by atoms with van der Waals surface area (Å²) in [7, 11) is 0. The zero-order valence-corrected chi connectivity index (χ0v) is 12.3. The molecule has 0 spiro atoms. The first-order chi connectivity index (χ1) is 8.69. The normalized spacial score (nSPS) is 10.4. The van der Waals surface area contributed by atoms with Crippen molar-refractivity contribution >= 4 is 27.5 Å². The summed E-state index contributed by atoms with van der Waals surface area (Å²) in [5.74, 6) is 0.801. The molecule has 2 aromatic rings. The Labute approximate surface area is 120 Å². The Bertz CT molecular complexity index is 528. The minimum atomic E-state index is 0.643. The van der Waals surface area contributed by atoms with E-state index >= 15 is 0 Å². The molecule has 0 bridgehead atoms. The SMILES string of the molecule is CCOc1ccc(Cc2ccc(Br)cn2)c(Cl)c1. The Morgan fingerprint density at radius 2 is 2.11 bits per heavy atom. The number of halogens is 2. The van der Waals surface area contributed by atoms with Crippen molar-refractivity contribution in [2.45, 2.75) is 13.3 Å². The van der Waals surface area contributed by atoms with Crippen molar-refractivity contribution in [3.05, 3.63) is 57.3 Å². The second-order valence-corrected chi connectivity index (χ2v) is 5.15. The molecule has 0 radical (unpaired) electrons. The molecular weight excluding hydrogens is 314 g/mol. The van der Waals surface area contributed by atoms with Gasteiger partial charge in [0, 0.05) is 27.8 Å². The van der Waals surface area contributed by atoms with Crippen LogP contribution in [0, 0.1) is 0 Å². The van der Waals surface area contributed by atoms with Crippen molar-refractivity contribution < 1.29 is 4.74 Å². The van der Waals surface area contributed by atoms with Crippen molar-refractivity contribution in [2.75, 3.05) is 6.61 Å². The van der Waals surface area contributed by atoms with E-state index in [1.54, 1.807) is 6.20 Å². The van der Waals surface area contributed by atoms with E-state index in [0.29, 0.717) is 11.6 Å².